The lowest BCUT2D eigenvalue weighted by Gasteiger charge is -2.18. The molecule has 0 aromatic heterocycles. The van der Waals surface area contributed by atoms with E-state index in [4.69, 9.17) is 5.11 Å². The van der Waals surface area contributed by atoms with Crippen LogP contribution in [-0.2, 0) is 22.3 Å². The summed E-state index contributed by atoms with van der Waals surface area (Å²) in [5, 5.41) is 14.0. The molecule has 0 fully saturated rings. The number of benzene rings is 3. The molecule has 3 rings (SSSR count). The van der Waals surface area contributed by atoms with Gasteiger partial charge >= 0.3 is 12.1 Å². The van der Waals surface area contributed by atoms with Gasteiger partial charge in [-0.2, -0.15) is 13.2 Å². The monoisotopic (exact) mass is 484 g/mol. The van der Waals surface area contributed by atoms with Crippen LogP contribution in [0.3, 0.4) is 0 Å². The predicted octanol–water partition coefficient (Wildman–Crippen LogP) is 4.65. The topological polar surface area (TPSA) is 95.5 Å². The standard InChI is InChI=1S/C26H23F3N2O4/c27-26(28,29)21-8-4-5-17(15-21)16-30-25(35)22(13-14-23(32)33)31-24(34)20-11-9-19(10-12-20)18-6-2-1-3-7-18/h1-12,15,22H,13-14,16H2,(H,30,35)(H,31,34)(H,32,33)/t22-/m0/s1. The molecule has 3 aromatic carbocycles. The fraction of sp³-hybridized carbons (Fsp3) is 0.192. The average Bonchev–Trinajstić information content (AvgIpc) is 2.85. The number of amides is 2. The predicted molar refractivity (Wildman–Crippen MR) is 123 cm³/mol. The van der Waals surface area contributed by atoms with Crippen molar-refractivity contribution in [3.8, 4) is 11.1 Å². The largest absolute Gasteiger partial charge is 0.481 e. The minimum absolute atomic E-state index is 0.183. The molecule has 0 spiro atoms. The van der Waals surface area contributed by atoms with E-state index in [-0.39, 0.29) is 30.5 Å². The van der Waals surface area contributed by atoms with Gasteiger partial charge in [0.05, 0.1) is 5.56 Å². The van der Waals surface area contributed by atoms with E-state index >= 15 is 0 Å². The van der Waals surface area contributed by atoms with Crippen LogP contribution in [0.4, 0.5) is 13.2 Å². The molecular formula is C26H23F3N2O4. The SMILES string of the molecule is O=C(O)CC[C@H](NC(=O)c1ccc(-c2ccccc2)cc1)C(=O)NCc1cccc(C(F)(F)F)c1. The molecule has 0 aliphatic rings. The lowest BCUT2D eigenvalue weighted by atomic mass is 10.0. The second-order valence-electron chi connectivity index (χ2n) is 7.82. The molecule has 3 aromatic rings. The summed E-state index contributed by atoms with van der Waals surface area (Å²) in [6.07, 6.45) is -5.08. The van der Waals surface area contributed by atoms with Crippen LogP contribution < -0.4 is 10.6 Å². The third kappa shape index (κ3) is 7.43. The number of nitrogens with one attached hydrogen (secondary N) is 2. The van der Waals surface area contributed by atoms with E-state index in [1.54, 1.807) is 24.3 Å². The Balaban J connectivity index is 1.67. The minimum atomic E-state index is -4.52. The van der Waals surface area contributed by atoms with E-state index in [2.05, 4.69) is 10.6 Å². The van der Waals surface area contributed by atoms with Gasteiger partial charge in [0.2, 0.25) is 5.91 Å². The Morgan fingerprint density at radius 3 is 2.14 bits per heavy atom. The summed E-state index contributed by atoms with van der Waals surface area (Å²) in [7, 11) is 0. The maximum atomic E-state index is 12.9. The Hall–Kier alpha value is -4.14. The van der Waals surface area contributed by atoms with Crippen molar-refractivity contribution in [2.24, 2.45) is 0 Å². The maximum Gasteiger partial charge on any atom is 0.416 e. The Labute approximate surface area is 199 Å². The number of carbonyl (C=O) groups excluding carboxylic acids is 2. The summed E-state index contributed by atoms with van der Waals surface area (Å²) in [5.41, 5.74) is 1.50. The van der Waals surface area contributed by atoms with Crippen LogP contribution in [0.25, 0.3) is 11.1 Å². The van der Waals surface area contributed by atoms with E-state index in [9.17, 15) is 27.6 Å². The molecule has 3 N–H and O–H groups in total. The molecule has 0 heterocycles. The number of carboxylic acids is 1. The van der Waals surface area contributed by atoms with Gasteiger partial charge in [-0.25, -0.2) is 0 Å². The number of carbonyl (C=O) groups is 3. The molecular weight excluding hydrogens is 461 g/mol. The van der Waals surface area contributed by atoms with Gasteiger partial charge in [-0.15, -0.1) is 0 Å². The highest BCUT2D eigenvalue weighted by Crippen LogP contribution is 2.29. The zero-order valence-corrected chi connectivity index (χ0v) is 18.5. The summed E-state index contributed by atoms with van der Waals surface area (Å²) in [6.45, 7) is -0.214. The Morgan fingerprint density at radius 1 is 0.857 bits per heavy atom. The second-order valence-corrected chi connectivity index (χ2v) is 7.82. The summed E-state index contributed by atoms with van der Waals surface area (Å²) < 4.78 is 38.7. The first-order valence-electron chi connectivity index (χ1n) is 10.8. The van der Waals surface area contributed by atoms with E-state index in [1.807, 2.05) is 30.3 Å². The fourth-order valence-electron chi connectivity index (χ4n) is 3.39. The van der Waals surface area contributed by atoms with E-state index < -0.39 is 35.6 Å². The first-order valence-corrected chi connectivity index (χ1v) is 10.8. The minimum Gasteiger partial charge on any atom is -0.481 e. The average molecular weight is 484 g/mol. The van der Waals surface area contributed by atoms with Gasteiger partial charge in [0.15, 0.2) is 0 Å². The Morgan fingerprint density at radius 2 is 1.51 bits per heavy atom. The second kappa shape index (κ2) is 11.3. The number of hydrogen-bond donors (Lipinski definition) is 3. The van der Waals surface area contributed by atoms with Crippen molar-refractivity contribution in [2.45, 2.75) is 31.6 Å². The van der Waals surface area contributed by atoms with E-state index in [0.717, 1.165) is 23.3 Å². The highest BCUT2D eigenvalue weighted by molar-refractivity contribution is 5.98. The highest BCUT2D eigenvalue weighted by atomic mass is 19.4. The van der Waals surface area contributed by atoms with Crippen LogP contribution in [0.15, 0.2) is 78.9 Å². The van der Waals surface area contributed by atoms with Gasteiger partial charge in [-0.05, 0) is 47.4 Å². The van der Waals surface area contributed by atoms with Crippen molar-refractivity contribution in [1.82, 2.24) is 10.6 Å². The molecule has 9 heteroatoms. The summed E-state index contributed by atoms with van der Waals surface area (Å²) in [6, 6.07) is 19.5. The molecule has 182 valence electrons. The van der Waals surface area contributed by atoms with Gasteiger partial charge in [0, 0.05) is 18.5 Å². The molecule has 35 heavy (non-hydrogen) atoms. The highest BCUT2D eigenvalue weighted by Gasteiger charge is 2.30. The summed E-state index contributed by atoms with van der Waals surface area (Å²) >= 11 is 0. The van der Waals surface area contributed by atoms with Gasteiger partial charge < -0.3 is 15.7 Å². The van der Waals surface area contributed by atoms with Crippen LogP contribution in [0.5, 0.6) is 0 Å². The molecule has 0 radical (unpaired) electrons. The third-order valence-electron chi connectivity index (χ3n) is 5.24. The molecule has 2 amide bonds. The van der Waals surface area contributed by atoms with Crippen LogP contribution in [-0.4, -0.2) is 28.9 Å². The van der Waals surface area contributed by atoms with Crippen molar-refractivity contribution in [1.29, 1.82) is 0 Å². The number of carboxylic acid groups (broad SMARTS) is 1. The van der Waals surface area contributed by atoms with Crippen LogP contribution in [0.1, 0.15) is 34.3 Å². The molecule has 0 saturated carbocycles. The van der Waals surface area contributed by atoms with Gasteiger partial charge in [0.25, 0.3) is 5.91 Å². The number of hydrogen-bond acceptors (Lipinski definition) is 3. The lowest BCUT2D eigenvalue weighted by Crippen LogP contribution is -2.46. The maximum absolute atomic E-state index is 12.9. The smallest absolute Gasteiger partial charge is 0.416 e. The zero-order valence-electron chi connectivity index (χ0n) is 18.5. The molecule has 1 atom stereocenters. The van der Waals surface area contributed by atoms with E-state index in [1.165, 1.54) is 12.1 Å². The number of halogens is 3. The zero-order chi connectivity index (χ0) is 25.4. The quantitative estimate of drug-likeness (QED) is 0.412. The third-order valence-corrected chi connectivity index (χ3v) is 5.24. The molecule has 0 bridgehead atoms. The molecule has 0 aliphatic heterocycles. The van der Waals surface area contributed by atoms with Crippen LogP contribution in [0.2, 0.25) is 0 Å². The first kappa shape index (κ1) is 25.5. The van der Waals surface area contributed by atoms with Crippen molar-refractivity contribution in [3.05, 3.63) is 95.6 Å². The molecule has 6 nitrogen and oxygen atoms in total. The van der Waals surface area contributed by atoms with E-state index in [0.29, 0.717) is 0 Å². The Kier molecular flexibility index (Phi) is 8.25. The Bertz CT molecular complexity index is 1180. The normalized spacial score (nSPS) is 12.0. The molecule has 0 unspecified atom stereocenters. The summed E-state index contributed by atoms with van der Waals surface area (Å²) in [5.74, 6) is -2.42. The molecule has 0 saturated heterocycles. The first-order chi connectivity index (χ1) is 16.6. The van der Waals surface area contributed by atoms with Gasteiger partial charge in [-0.3, -0.25) is 14.4 Å². The lowest BCUT2D eigenvalue weighted by molar-refractivity contribution is -0.138. The fourth-order valence-corrected chi connectivity index (χ4v) is 3.39. The van der Waals surface area contributed by atoms with Crippen LogP contribution >= 0.6 is 0 Å². The molecule has 0 aliphatic carbocycles. The van der Waals surface area contributed by atoms with Gasteiger partial charge in [-0.1, -0.05) is 54.6 Å². The summed E-state index contributed by atoms with van der Waals surface area (Å²) in [4.78, 5) is 36.4. The van der Waals surface area contributed by atoms with Crippen LogP contribution in [0, 0.1) is 0 Å². The van der Waals surface area contributed by atoms with Crippen molar-refractivity contribution in [2.75, 3.05) is 0 Å². The number of alkyl halides is 3. The number of aliphatic carboxylic acids is 1. The van der Waals surface area contributed by atoms with Crippen molar-refractivity contribution in [3.63, 3.8) is 0 Å². The van der Waals surface area contributed by atoms with Crippen molar-refractivity contribution < 1.29 is 32.7 Å². The van der Waals surface area contributed by atoms with Crippen molar-refractivity contribution >= 4 is 17.8 Å². The van der Waals surface area contributed by atoms with Gasteiger partial charge in [0.1, 0.15) is 6.04 Å². The number of rotatable bonds is 9.